The number of methoxy groups -OCH3 is 1. The maximum Gasteiger partial charge on any atom is 0.335 e. The van der Waals surface area contributed by atoms with Crippen LogP contribution in [0, 0.1) is 5.92 Å². The van der Waals surface area contributed by atoms with E-state index < -0.39 is 24.1 Å². The van der Waals surface area contributed by atoms with Gasteiger partial charge in [-0.05, 0) is 50.4 Å². The number of piperidine rings is 1. The first-order valence-corrected chi connectivity index (χ1v) is 10.5. The van der Waals surface area contributed by atoms with Crippen molar-refractivity contribution in [1.29, 1.82) is 0 Å². The molecule has 1 aromatic carbocycles. The summed E-state index contributed by atoms with van der Waals surface area (Å²) in [5, 5.41) is 32.5. The second-order valence-corrected chi connectivity index (χ2v) is 8.85. The predicted octanol–water partition coefficient (Wildman–Crippen LogP) is -0.189. The van der Waals surface area contributed by atoms with E-state index in [0.717, 1.165) is 37.3 Å². The van der Waals surface area contributed by atoms with Gasteiger partial charge in [-0.25, -0.2) is 9.59 Å². The van der Waals surface area contributed by atoms with Gasteiger partial charge < -0.3 is 34.8 Å². The molecule has 1 spiro atoms. The Balaban J connectivity index is 0.000000211. The number of likely N-dealkylation sites (N-methyl/N-ethyl adjacent to an activating group) is 1. The van der Waals surface area contributed by atoms with Crippen LogP contribution in [0.1, 0.15) is 30.4 Å². The topological polar surface area (TPSA) is 154 Å². The third-order valence-electron chi connectivity index (χ3n) is 7.40. The maximum atomic E-state index is 12.6. The Morgan fingerprint density at radius 2 is 1.88 bits per heavy atom. The van der Waals surface area contributed by atoms with Gasteiger partial charge >= 0.3 is 11.9 Å². The number of rotatable bonds is 4. The molecular formula is C22H27NO9. The van der Waals surface area contributed by atoms with Crippen molar-refractivity contribution >= 4 is 17.7 Å². The predicted molar refractivity (Wildman–Crippen MR) is 109 cm³/mol. The molecule has 0 aromatic heterocycles. The number of ether oxygens (including phenoxy) is 2. The summed E-state index contributed by atoms with van der Waals surface area (Å²) in [6, 6.07) is 4.73. The fraction of sp³-hybridized carbons (Fsp3) is 0.591. The van der Waals surface area contributed by atoms with Crippen LogP contribution in [0.3, 0.4) is 0 Å². The fourth-order valence-electron chi connectivity index (χ4n) is 5.94. The lowest BCUT2D eigenvalue weighted by Crippen LogP contribution is -2.65. The van der Waals surface area contributed by atoms with Gasteiger partial charge in [0.2, 0.25) is 0 Å². The van der Waals surface area contributed by atoms with Crippen molar-refractivity contribution in [2.24, 2.45) is 5.92 Å². The molecule has 174 valence electrons. The van der Waals surface area contributed by atoms with E-state index in [9.17, 15) is 14.4 Å². The van der Waals surface area contributed by atoms with Crippen LogP contribution in [-0.2, 0) is 26.2 Å². The first-order chi connectivity index (χ1) is 15.1. The Bertz CT molecular complexity index is 945. The molecule has 2 heterocycles. The van der Waals surface area contributed by atoms with Crippen LogP contribution in [0.25, 0.3) is 0 Å². The van der Waals surface area contributed by atoms with Crippen LogP contribution in [0.5, 0.6) is 11.5 Å². The molecule has 10 heteroatoms. The van der Waals surface area contributed by atoms with Crippen LogP contribution in [0.15, 0.2) is 12.1 Å². The number of nitrogens with zero attached hydrogens (tertiary/aromatic N) is 1. The number of hydrogen-bond donors (Lipinski definition) is 4. The molecule has 5 rings (SSSR count). The van der Waals surface area contributed by atoms with Crippen molar-refractivity contribution in [3.8, 4) is 11.5 Å². The number of carbonyl (C=O) groups is 3. The molecule has 0 amide bonds. The Morgan fingerprint density at radius 1 is 1.22 bits per heavy atom. The van der Waals surface area contributed by atoms with E-state index in [0.29, 0.717) is 18.4 Å². The zero-order valence-corrected chi connectivity index (χ0v) is 17.9. The van der Waals surface area contributed by atoms with Crippen molar-refractivity contribution in [2.75, 3.05) is 20.7 Å². The minimum atomic E-state index is -2.27. The standard InChI is InChI=1S/C18H21NO3.C4H6O6/c1-19-8-7-18-11-4-5-13(20)17(18)22-16-14(21-2)6-3-10(15(16)18)9-12(11)19;5-1(3(7)8)2(6)4(9)10/h3,6,11-12,17H,4-5,7-9H2,1-2H3;1-2,5-6H,(H,7,8)(H,9,10). The second kappa shape index (κ2) is 8.02. The molecule has 1 saturated heterocycles. The zero-order valence-electron chi connectivity index (χ0n) is 17.9. The number of carboxylic acids is 2. The number of ketones is 1. The lowest BCUT2D eigenvalue weighted by atomic mass is 9.52. The van der Waals surface area contributed by atoms with Crippen LogP contribution < -0.4 is 9.47 Å². The zero-order chi connectivity index (χ0) is 23.4. The minimum absolute atomic E-state index is 0.0933. The summed E-state index contributed by atoms with van der Waals surface area (Å²) in [5.74, 6) is -1.08. The Hall–Kier alpha value is -2.69. The summed E-state index contributed by atoms with van der Waals surface area (Å²) in [7, 11) is 3.91. The molecule has 2 aliphatic heterocycles. The average Bonchev–Trinajstić information content (AvgIpc) is 3.12. The Kier molecular flexibility index (Phi) is 5.64. The highest BCUT2D eigenvalue weighted by Gasteiger charge is 2.65. The van der Waals surface area contributed by atoms with E-state index >= 15 is 0 Å². The Morgan fingerprint density at radius 3 is 2.47 bits per heavy atom. The SMILES string of the molecule is COc1ccc2c3c1OC1C(=O)CCC4C(C2)N(C)CCC314.O=C(O)C(O)C(O)C(=O)O. The van der Waals surface area contributed by atoms with Crippen molar-refractivity contribution in [3.63, 3.8) is 0 Å². The van der Waals surface area contributed by atoms with Crippen molar-refractivity contribution in [2.45, 2.75) is 55.5 Å². The van der Waals surface area contributed by atoms with E-state index in [-0.39, 0.29) is 17.3 Å². The molecule has 0 radical (unpaired) electrons. The number of hydrogen-bond acceptors (Lipinski definition) is 8. The fourth-order valence-corrected chi connectivity index (χ4v) is 5.94. The van der Waals surface area contributed by atoms with Gasteiger partial charge in [-0.1, -0.05) is 6.07 Å². The van der Waals surface area contributed by atoms with Crippen molar-refractivity contribution < 1.29 is 44.3 Å². The molecule has 10 nitrogen and oxygen atoms in total. The second-order valence-electron chi connectivity index (χ2n) is 8.85. The number of aliphatic hydroxyl groups is 2. The van der Waals surface area contributed by atoms with Gasteiger partial charge in [0.1, 0.15) is 0 Å². The normalized spacial score (nSPS) is 31.4. The van der Waals surface area contributed by atoms with E-state index in [2.05, 4.69) is 18.0 Å². The largest absolute Gasteiger partial charge is 0.493 e. The van der Waals surface area contributed by atoms with E-state index in [4.69, 9.17) is 29.9 Å². The molecular weight excluding hydrogens is 422 g/mol. The van der Waals surface area contributed by atoms with Gasteiger partial charge in [-0.3, -0.25) is 4.79 Å². The van der Waals surface area contributed by atoms with Gasteiger partial charge in [0.25, 0.3) is 0 Å². The molecule has 2 bridgehead atoms. The monoisotopic (exact) mass is 449 g/mol. The number of carbonyl (C=O) groups excluding carboxylic acids is 1. The summed E-state index contributed by atoms with van der Waals surface area (Å²) in [6.45, 7) is 1.05. The summed E-state index contributed by atoms with van der Waals surface area (Å²) in [4.78, 5) is 34.7. The first-order valence-electron chi connectivity index (χ1n) is 10.5. The molecule has 6 atom stereocenters. The summed E-state index contributed by atoms with van der Waals surface area (Å²) < 4.78 is 11.8. The number of Topliss-reactive ketones (excluding diaryl/α,β-unsaturated/α-hetero) is 1. The molecule has 2 fully saturated rings. The summed E-state index contributed by atoms with van der Waals surface area (Å²) >= 11 is 0. The highest BCUT2D eigenvalue weighted by Crippen LogP contribution is 2.63. The molecule has 2 aliphatic carbocycles. The molecule has 6 unspecified atom stereocenters. The number of likely N-dealkylation sites (tertiary alicyclic amines) is 1. The van der Waals surface area contributed by atoms with Crippen LogP contribution in [0.4, 0.5) is 0 Å². The Labute approximate surface area is 184 Å². The van der Waals surface area contributed by atoms with E-state index in [1.165, 1.54) is 11.1 Å². The van der Waals surface area contributed by atoms with Gasteiger partial charge in [0, 0.05) is 23.4 Å². The highest BCUT2D eigenvalue weighted by atomic mass is 16.5. The maximum absolute atomic E-state index is 12.6. The third-order valence-corrected chi connectivity index (χ3v) is 7.40. The van der Waals surface area contributed by atoms with Gasteiger partial charge in [0.15, 0.2) is 35.6 Å². The lowest BCUT2D eigenvalue weighted by molar-refractivity contribution is -0.165. The number of benzene rings is 1. The lowest BCUT2D eigenvalue weighted by Gasteiger charge is -2.57. The molecule has 4 N–H and O–H groups in total. The first kappa shape index (κ1) is 22.5. The van der Waals surface area contributed by atoms with E-state index in [1.807, 2.05) is 6.07 Å². The van der Waals surface area contributed by atoms with Crippen molar-refractivity contribution in [1.82, 2.24) is 4.90 Å². The van der Waals surface area contributed by atoms with Gasteiger partial charge in [0.05, 0.1) is 7.11 Å². The molecule has 1 saturated carbocycles. The van der Waals surface area contributed by atoms with Crippen molar-refractivity contribution in [3.05, 3.63) is 23.3 Å². The number of carboxylic acid groups (broad SMARTS) is 2. The molecule has 1 aromatic rings. The number of aliphatic carboxylic acids is 2. The summed E-state index contributed by atoms with van der Waals surface area (Å²) in [5.41, 5.74) is 2.57. The number of aliphatic hydroxyl groups excluding tert-OH is 2. The van der Waals surface area contributed by atoms with Crippen LogP contribution in [0.2, 0.25) is 0 Å². The quantitative estimate of drug-likeness (QED) is 0.486. The average molecular weight is 449 g/mol. The van der Waals surface area contributed by atoms with E-state index in [1.54, 1.807) is 7.11 Å². The molecule has 32 heavy (non-hydrogen) atoms. The molecule has 4 aliphatic rings. The van der Waals surface area contributed by atoms with Crippen LogP contribution in [-0.4, -0.2) is 88.1 Å². The van der Waals surface area contributed by atoms with Gasteiger partial charge in [-0.15, -0.1) is 0 Å². The minimum Gasteiger partial charge on any atom is -0.493 e. The smallest absolute Gasteiger partial charge is 0.335 e. The highest BCUT2D eigenvalue weighted by molar-refractivity contribution is 5.89. The van der Waals surface area contributed by atoms with Gasteiger partial charge in [-0.2, -0.15) is 0 Å². The summed E-state index contributed by atoms with van der Waals surface area (Å²) in [6.07, 6.45) is -1.06. The third kappa shape index (κ3) is 3.16. The van der Waals surface area contributed by atoms with Crippen LogP contribution >= 0.6 is 0 Å².